The van der Waals surface area contributed by atoms with E-state index < -0.39 is 0 Å². The number of aliphatic hydroxyl groups excluding tert-OH is 1. The van der Waals surface area contributed by atoms with E-state index >= 15 is 0 Å². The minimum absolute atomic E-state index is 0.0592. The molecule has 0 aromatic carbocycles. The van der Waals surface area contributed by atoms with Gasteiger partial charge in [0, 0.05) is 13.7 Å². The summed E-state index contributed by atoms with van der Waals surface area (Å²) in [7, 11) is 1.67. The lowest BCUT2D eigenvalue weighted by molar-refractivity contribution is 0.188. The second-order valence-corrected chi connectivity index (χ2v) is 1.50. The van der Waals surface area contributed by atoms with E-state index in [-0.39, 0.29) is 6.73 Å². The molecule has 0 aliphatic heterocycles. The first-order valence-corrected chi connectivity index (χ1v) is 2.72. The summed E-state index contributed by atoms with van der Waals surface area (Å²) < 4.78 is 4.77. The molecule has 3 heteroatoms. The number of hydrogen-bond donors (Lipinski definition) is 2. The van der Waals surface area contributed by atoms with Crippen LogP contribution in [0.15, 0.2) is 0 Å². The summed E-state index contributed by atoms with van der Waals surface area (Å²) >= 11 is 0. The minimum atomic E-state index is 0.0592. The summed E-state index contributed by atoms with van der Waals surface area (Å²) in [6.45, 7) is 1.64. The highest BCUT2D eigenvalue weighted by Crippen LogP contribution is 1.74. The van der Waals surface area contributed by atoms with Gasteiger partial charge in [-0.2, -0.15) is 0 Å². The van der Waals surface area contributed by atoms with Crippen LogP contribution in [0.1, 0.15) is 6.42 Å². The van der Waals surface area contributed by atoms with E-state index in [0.29, 0.717) is 0 Å². The Bertz CT molecular complexity index is 35.4. The number of aliphatic hydroxyl groups is 1. The first-order chi connectivity index (χ1) is 3.91. The van der Waals surface area contributed by atoms with Gasteiger partial charge in [-0.05, 0) is 13.0 Å². The molecule has 8 heavy (non-hydrogen) atoms. The van der Waals surface area contributed by atoms with E-state index in [1.54, 1.807) is 7.11 Å². The highest BCUT2D eigenvalue weighted by Gasteiger charge is 1.81. The van der Waals surface area contributed by atoms with Crippen molar-refractivity contribution in [2.75, 3.05) is 27.0 Å². The maximum absolute atomic E-state index is 8.21. The zero-order valence-electron chi connectivity index (χ0n) is 5.18. The van der Waals surface area contributed by atoms with Gasteiger partial charge in [0.25, 0.3) is 0 Å². The molecule has 2 N–H and O–H groups in total. The molecule has 0 unspecified atom stereocenters. The Labute approximate surface area is 49.7 Å². The molecule has 0 rings (SSSR count). The molecule has 50 valence electrons. The Morgan fingerprint density at radius 3 is 2.88 bits per heavy atom. The summed E-state index contributed by atoms with van der Waals surface area (Å²) in [5.41, 5.74) is 0. The monoisotopic (exact) mass is 119 g/mol. The smallest absolute Gasteiger partial charge is 0.0931 e. The topological polar surface area (TPSA) is 41.5 Å². The molecule has 0 aliphatic carbocycles. The fourth-order valence-electron chi connectivity index (χ4n) is 0.421. The Kier molecular flexibility index (Phi) is 6.78. The molecule has 0 aliphatic rings. The molecule has 0 heterocycles. The molecular weight excluding hydrogens is 106 g/mol. The van der Waals surface area contributed by atoms with Gasteiger partial charge in [0.15, 0.2) is 0 Å². The number of ether oxygens (including phenoxy) is 1. The predicted molar refractivity (Wildman–Crippen MR) is 31.6 cm³/mol. The van der Waals surface area contributed by atoms with Gasteiger partial charge in [-0.25, -0.2) is 0 Å². The largest absolute Gasteiger partial charge is 0.385 e. The van der Waals surface area contributed by atoms with Crippen molar-refractivity contribution in [2.45, 2.75) is 6.42 Å². The van der Waals surface area contributed by atoms with Crippen LogP contribution in [0.25, 0.3) is 0 Å². The van der Waals surface area contributed by atoms with E-state index in [0.717, 1.165) is 19.6 Å². The average Bonchev–Trinajstić information content (AvgIpc) is 1.81. The zero-order chi connectivity index (χ0) is 6.24. The molecular formula is C5H13NO2. The summed E-state index contributed by atoms with van der Waals surface area (Å²) in [6, 6.07) is 0. The summed E-state index contributed by atoms with van der Waals surface area (Å²) in [4.78, 5) is 0. The van der Waals surface area contributed by atoms with Crippen molar-refractivity contribution >= 4 is 0 Å². The van der Waals surface area contributed by atoms with Crippen molar-refractivity contribution in [3.63, 3.8) is 0 Å². The molecule has 0 saturated heterocycles. The number of rotatable bonds is 5. The van der Waals surface area contributed by atoms with Gasteiger partial charge in [0.1, 0.15) is 0 Å². The van der Waals surface area contributed by atoms with Crippen LogP contribution in [0.2, 0.25) is 0 Å². The number of nitrogens with one attached hydrogen (secondary N) is 1. The fourth-order valence-corrected chi connectivity index (χ4v) is 0.421. The van der Waals surface area contributed by atoms with Crippen molar-refractivity contribution in [3.05, 3.63) is 0 Å². The van der Waals surface area contributed by atoms with Crippen molar-refractivity contribution in [2.24, 2.45) is 0 Å². The number of methoxy groups -OCH3 is 1. The lowest BCUT2D eigenvalue weighted by atomic mass is 10.4. The Morgan fingerprint density at radius 2 is 2.38 bits per heavy atom. The molecule has 0 aromatic heterocycles. The van der Waals surface area contributed by atoms with Crippen LogP contribution in [0.4, 0.5) is 0 Å². The molecule has 0 spiro atoms. The fraction of sp³-hybridized carbons (Fsp3) is 1.00. The highest BCUT2D eigenvalue weighted by molar-refractivity contribution is 4.38. The Hall–Kier alpha value is -0.120. The van der Waals surface area contributed by atoms with Gasteiger partial charge < -0.3 is 9.84 Å². The first-order valence-electron chi connectivity index (χ1n) is 2.72. The predicted octanol–water partition coefficient (Wildman–Crippen LogP) is -0.438. The maximum atomic E-state index is 8.21. The summed E-state index contributed by atoms with van der Waals surface area (Å²) in [6.07, 6.45) is 0.955. The summed E-state index contributed by atoms with van der Waals surface area (Å²) in [5, 5.41) is 11.0. The van der Waals surface area contributed by atoms with Crippen molar-refractivity contribution < 1.29 is 9.84 Å². The van der Waals surface area contributed by atoms with Gasteiger partial charge >= 0.3 is 0 Å². The molecule has 0 saturated carbocycles. The second-order valence-electron chi connectivity index (χ2n) is 1.50. The second kappa shape index (κ2) is 6.88. The lowest BCUT2D eigenvalue weighted by Gasteiger charge is -1.97. The van der Waals surface area contributed by atoms with Crippen molar-refractivity contribution in [3.8, 4) is 0 Å². The van der Waals surface area contributed by atoms with E-state index in [1.165, 1.54) is 0 Å². The third kappa shape index (κ3) is 5.88. The molecule has 0 atom stereocenters. The summed E-state index contributed by atoms with van der Waals surface area (Å²) in [5.74, 6) is 0. The van der Waals surface area contributed by atoms with Gasteiger partial charge in [-0.15, -0.1) is 0 Å². The van der Waals surface area contributed by atoms with E-state index in [2.05, 4.69) is 5.32 Å². The highest BCUT2D eigenvalue weighted by atomic mass is 16.5. The Morgan fingerprint density at radius 1 is 1.62 bits per heavy atom. The van der Waals surface area contributed by atoms with E-state index in [4.69, 9.17) is 9.84 Å². The molecule has 0 amide bonds. The molecule has 0 fully saturated rings. The quantitative estimate of drug-likeness (QED) is 0.381. The van der Waals surface area contributed by atoms with Gasteiger partial charge in [-0.1, -0.05) is 0 Å². The third-order valence-electron chi connectivity index (χ3n) is 0.814. The normalized spacial score (nSPS) is 9.75. The third-order valence-corrected chi connectivity index (χ3v) is 0.814. The van der Waals surface area contributed by atoms with Crippen LogP contribution in [-0.2, 0) is 4.74 Å². The van der Waals surface area contributed by atoms with Crippen LogP contribution in [0.3, 0.4) is 0 Å². The van der Waals surface area contributed by atoms with Crippen molar-refractivity contribution in [1.29, 1.82) is 0 Å². The molecule has 3 nitrogen and oxygen atoms in total. The lowest BCUT2D eigenvalue weighted by Crippen LogP contribution is -2.17. The Balaban J connectivity index is 2.53. The SMILES string of the molecule is COCCCNCO. The maximum Gasteiger partial charge on any atom is 0.0931 e. The van der Waals surface area contributed by atoms with E-state index in [9.17, 15) is 0 Å². The molecule has 0 radical (unpaired) electrons. The van der Waals surface area contributed by atoms with Gasteiger partial charge in [0.05, 0.1) is 6.73 Å². The van der Waals surface area contributed by atoms with Crippen LogP contribution in [0, 0.1) is 0 Å². The standard InChI is InChI=1S/C5H13NO2/c1-8-4-2-3-6-5-7/h6-7H,2-5H2,1H3. The van der Waals surface area contributed by atoms with E-state index in [1.807, 2.05) is 0 Å². The van der Waals surface area contributed by atoms with Gasteiger partial charge in [0.2, 0.25) is 0 Å². The molecule has 0 bridgehead atoms. The van der Waals surface area contributed by atoms with Crippen LogP contribution >= 0.6 is 0 Å². The average molecular weight is 119 g/mol. The van der Waals surface area contributed by atoms with Crippen LogP contribution < -0.4 is 5.32 Å². The first kappa shape index (κ1) is 7.88. The van der Waals surface area contributed by atoms with Crippen LogP contribution in [0.5, 0.6) is 0 Å². The van der Waals surface area contributed by atoms with Gasteiger partial charge in [-0.3, -0.25) is 5.32 Å². The zero-order valence-corrected chi connectivity index (χ0v) is 5.18. The molecule has 0 aromatic rings. The van der Waals surface area contributed by atoms with Crippen LogP contribution in [-0.4, -0.2) is 32.1 Å². The number of hydrogen-bond acceptors (Lipinski definition) is 3. The van der Waals surface area contributed by atoms with Crippen molar-refractivity contribution in [1.82, 2.24) is 5.32 Å². The minimum Gasteiger partial charge on any atom is -0.385 e.